The molecule has 3 aromatic rings. The molecule has 0 bridgehead atoms. The van der Waals surface area contributed by atoms with Gasteiger partial charge in [0.25, 0.3) is 0 Å². The van der Waals surface area contributed by atoms with Crippen LogP contribution in [0.2, 0.25) is 0 Å². The Kier molecular flexibility index (Phi) is 3.53. The number of amides is 2. The fourth-order valence-electron chi connectivity index (χ4n) is 2.07. The fraction of sp³-hybridized carbons (Fsp3) is 0.0667. The maximum absolute atomic E-state index is 12.0. The zero-order valence-corrected chi connectivity index (χ0v) is 11.8. The summed E-state index contributed by atoms with van der Waals surface area (Å²) < 4.78 is 5.10. The minimum absolute atomic E-state index is 0.102. The average molecular weight is 298 g/mol. The second-order valence-electron chi connectivity index (χ2n) is 4.61. The van der Waals surface area contributed by atoms with Crippen molar-refractivity contribution in [1.29, 1.82) is 0 Å². The summed E-state index contributed by atoms with van der Waals surface area (Å²) in [4.78, 5) is 12.0. The van der Waals surface area contributed by atoms with E-state index < -0.39 is 6.03 Å². The van der Waals surface area contributed by atoms with Gasteiger partial charge in [-0.2, -0.15) is 5.10 Å². The molecule has 0 atom stereocenters. The summed E-state index contributed by atoms with van der Waals surface area (Å²) in [5.74, 6) is 1.09. The minimum atomic E-state index is -0.440. The number of H-pyrrole nitrogens is 1. The number of rotatable bonds is 3. The lowest BCUT2D eigenvalue weighted by atomic mass is 10.2. The Hall–Kier alpha value is -3.22. The number of aromatic nitrogens is 2. The minimum Gasteiger partial charge on any atom is -0.508 e. The van der Waals surface area contributed by atoms with Gasteiger partial charge in [0.05, 0.1) is 12.6 Å². The molecule has 22 heavy (non-hydrogen) atoms. The number of carbonyl (C=O) groups excluding carboxylic acids is 1. The first kappa shape index (κ1) is 13.7. The predicted octanol–water partition coefficient (Wildman–Crippen LogP) is 2.92. The molecule has 4 N–H and O–H groups in total. The van der Waals surface area contributed by atoms with Gasteiger partial charge in [-0.15, -0.1) is 0 Å². The van der Waals surface area contributed by atoms with Crippen molar-refractivity contribution in [3.8, 4) is 11.5 Å². The Bertz CT molecular complexity index is 829. The summed E-state index contributed by atoms with van der Waals surface area (Å²) in [6.45, 7) is 0. The van der Waals surface area contributed by atoms with Crippen molar-refractivity contribution < 1.29 is 14.6 Å². The standard InChI is InChI=1S/C15H14N4O3/c1-22-11-4-2-3-9(7-11)16-15(21)17-14-12-8-10(20)5-6-13(12)18-19-14/h2-8,20H,1H3,(H3,16,17,18,19,21). The molecule has 0 aliphatic rings. The second kappa shape index (κ2) is 5.65. The van der Waals surface area contributed by atoms with Crippen molar-refractivity contribution in [2.24, 2.45) is 0 Å². The lowest BCUT2D eigenvalue weighted by molar-refractivity contribution is 0.262. The van der Waals surface area contributed by atoms with E-state index in [0.717, 1.165) is 5.52 Å². The molecule has 0 fully saturated rings. The fourth-order valence-corrected chi connectivity index (χ4v) is 2.07. The van der Waals surface area contributed by atoms with E-state index in [-0.39, 0.29) is 5.75 Å². The van der Waals surface area contributed by atoms with Crippen LogP contribution < -0.4 is 15.4 Å². The Balaban J connectivity index is 1.76. The molecule has 7 heteroatoms. The first-order valence-corrected chi connectivity index (χ1v) is 6.55. The number of benzene rings is 2. The maximum atomic E-state index is 12.0. The summed E-state index contributed by atoms with van der Waals surface area (Å²) >= 11 is 0. The third-order valence-electron chi connectivity index (χ3n) is 3.11. The number of urea groups is 1. The molecule has 2 amide bonds. The zero-order valence-electron chi connectivity index (χ0n) is 11.8. The number of nitrogens with zero attached hydrogens (tertiary/aromatic N) is 1. The van der Waals surface area contributed by atoms with Crippen molar-refractivity contribution in [1.82, 2.24) is 10.2 Å². The molecule has 0 spiro atoms. The molecule has 3 rings (SSSR count). The molecule has 7 nitrogen and oxygen atoms in total. The lowest BCUT2D eigenvalue weighted by Crippen LogP contribution is -2.19. The van der Waals surface area contributed by atoms with Gasteiger partial charge in [0.2, 0.25) is 0 Å². The highest BCUT2D eigenvalue weighted by molar-refractivity contribution is 6.04. The van der Waals surface area contributed by atoms with E-state index in [1.807, 2.05) is 0 Å². The molecule has 0 aliphatic carbocycles. The first-order valence-electron chi connectivity index (χ1n) is 6.55. The number of phenolic OH excluding ortho intramolecular Hbond substituents is 1. The van der Waals surface area contributed by atoms with Gasteiger partial charge in [0.1, 0.15) is 11.5 Å². The highest BCUT2D eigenvalue weighted by Gasteiger charge is 2.10. The third kappa shape index (κ3) is 2.78. The van der Waals surface area contributed by atoms with Gasteiger partial charge < -0.3 is 15.2 Å². The molecular formula is C15H14N4O3. The number of hydrogen-bond donors (Lipinski definition) is 4. The van der Waals surface area contributed by atoms with Crippen LogP contribution in [0.15, 0.2) is 42.5 Å². The molecule has 0 aliphatic heterocycles. The van der Waals surface area contributed by atoms with Gasteiger partial charge in [0.15, 0.2) is 5.82 Å². The monoisotopic (exact) mass is 298 g/mol. The van der Waals surface area contributed by atoms with Crippen molar-refractivity contribution in [3.63, 3.8) is 0 Å². The van der Waals surface area contributed by atoms with Gasteiger partial charge in [0, 0.05) is 17.1 Å². The number of ether oxygens (including phenoxy) is 1. The number of methoxy groups -OCH3 is 1. The van der Waals surface area contributed by atoms with Crippen LogP contribution in [-0.2, 0) is 0 Å². The molecule has 1 heterocycles. The van der Waals surface area contributed by atoms with E-state index in [0.29, 0.717) is 22.6 Å². The highest BCUT2D eigenvalue weighted by atomic mass is 16.5. The van der Waals surface area contributed by atoms with Gasteiger partial charge in [-0.3, -0.25) is 10.4 Å². The normalized spacial score (nSPS) is 10.4. The Morgan fingerprint density at radius 2 is 2.09 bits per heavy atom. The van der Waals surface area contributed by atoms with Crippen LogP contribution in [0.25, 0.3) is 10.9 Å². The van der Waals surface area contributed by atoms with Crippen LogP contribution >= 0.6 is 0 Å². The van der Waals surface area contributed by atoms with E-state index >= 15 is 0 Å². The maximum Gasteiger partial charge on any atom is 0.324 e. The summed E-state index contributed by atoms with van der Waals surface area (Å²) in [6, 6.07) is 11.3. The lowest BCUT2D eigenvalue weighted by Gasteiger charge is -2.07. The molecule has 1 aromatic heterocycles. The number of phenols is 1. The summed E-state index contributed by atoms with van der Waals surface area (Å²) in [7, 11) is 1.56. The van der Waals surface area contributed by atoms with Crippen LogP contribution in [-0.4, -0.2) is 28.4 Å². The van der Waals surface area contributed by atoms with Crippen molar-refractivity contribution >= 4 is 28.4 Å². The van der Waals surface area contributed by atoms with Crippen LogP contribution in [0.3, 0.4) is 0 Å². The van der Waals surface area contributed by atoms with Gasteiger partial charge in [-0.1, -0.05) is 6.07 Å². The summed E-state index contributed by atoms with van der Waals surface area (Å²) in [5.41, 5.74) is 1.31. The number of aromatic amines is 1. The smallest absolute Gasteiger partial charge is 0.324 e. The van der Waals surface area contributed by atoms with Crippen molar-refractivity contribution in [2.45, 2.75) is 0 Å². The number of carbonyl (C=O) groups is 1. The highest BCUT2D eigenvalue weighted by Crippen LogP contribution is 2.24. The molecule has 2 aromatic carbocycles. The van der Waals surface area contributed by atoms with E-state index in [2.05, 4.69) is 20.8 Å². The Morgan fingerprint density at radius 1 is 1.23 bits per heavy atom. The first-order chi connectivity index (χ1) is 10.7. The summed E-state index contributed by atoms with van der Waals surface area (Å²) in [6.07, 6.45) is 0. The van der Waals surface area contributed by atoms with E-state index in [9.17, 15) is 9.90 Å². The number of fused-ring (bicyclic) bond motifs is 1. The Labute approximate surface area is 125 Å². The largest absolute Gasteiger partial charge is 0.508 e. The van der Waals surface area contributed by atoms with Gasteiger partial charge >= 0.3 is 6.03 Å². The van der Waals surface area contributed by atoms with Gasteiger partial charge in [-0.25, -0.2) is 4.79 Å². The SMILES string of the molecule is COc1cccc(NC(=O)Nc2n[nH]c3ccc(O)cc23)c1. The average Bonchev–Trinajstić information content (AvgIpc) is 2.89. The second-order valence-corrected chi connectivity index (χ2v) is 4.61. The van der Waals surface area contributed by atoms with E-state index in [1.165, 1.54) is 6.07 Å². The molecular weight excluding hydrogens is 284 g/mol. The third-order valence-corrected chi connectivity index (χ3v) is 3.11. The topological polar surface area (TPSA) is 99.3 Å². The summed E-state index contributed by atoms with van der Waals surface area (Å²) in [5, 5.41) is 22.3. The molecule has 0 saturated carbocycles. The van der Waals surface area contributed by atoms with Crippen LogP contribution in [0, 0.1) is 0 Å². The van der Waals surface area contributed by atoms with Crippen LogP contribution in [0.1, 0.15) is 0 Å². The number of aromatic hydroxyl groups is 1. The van der Waals surface area contributed by atoms with Crippen molar-refractivity contribution in [2.75, 3.05) is 17.7 Å². The quantitative estimate of drug-likeness (QED) is 0.597. The Morgan fingerprint density at radius 3 is 2.91 bits per heavy atom. The van der Waals surface area contributed by atoms with Gasteiger partial charge in [-0.05, 0) is 30.3 Å². The molecule has 0 saturated heterocycles. The van der Waals surface area contributed by atoms with E-state index in [4.69, 9.17) is 4.74 Å². The van der Waals surface area contributed by atoms with Crippen molar-refractivity contribution in [3.05, 3.63) is 42.5 Å². The molecule has 112 valence electrons. The molecule has 0 unspecified atom stereocenters. The molecule has 0 radical (unpaired) electrons. The van der Waals surface area contributed by atoms with E-state index in [1.54, 1.807) is 43.5 Å². The number of anilines is 2. The zero-order chi connectivity index (χ0) is 15.5. The predicted molar refractivity (Wildman–Crippen MR) is 83.4 cm³/mol. The number of hydrogen-bond acceptors (Lipinski definition) is 4. The van der Waals surface area contributed by atoms with Crippen LogP contribution in [0.5, 0.6) is 11.5 Å². The number of nitrogens with one attached hydrogen (secondary N) is 3. The van der Waals surface area contributed by atoms with Crippen LogP contribution in [0.4, 0.5) is 16.3 Å².